The Kier molecular flexibility index (Phi) is 10.2. The average molecular weight is 383 g/mol. The third kappa shape index (κ3) is 7.38. The highest BCUT2D eigenvalue weighted by Gasteiger charge is 2.14. The fourth-order valence-corrected chi connectivity index (χ4v) is 3.49. The van der Waals surface area contributed by atoms with E-state index in [0.29, 0.717) is 17.7 Å². The number of hydrogen-bond acceptors (Lipinski definition) is 2. The third-order valence-electron chi connectivity index (χ3n) is 5.09. The van der Waals surface area contributed by atoms with Crippen molar-refractivity contribution in [2.45, 2.75) is 71.1 Å². The maximum atomic E-state index is 11.5. The van der Waals surface area contributed by atoms with Crippen molar-refractivity contribution >= 4 is 5.97 Å². The molecule has 0 aliphatic heterocycles. The van der Waals surface area contributed by atoms with Crippen molar-refractivity contribution in [2.75, 3.05) is 6.61 Å². The molecule has 3 heteroatoms. The van der Waals surface area contributed by atoms with Gasteiger partial charge in [0.2, 0.25) is 0 Å². The Morgan fingerprint density at radius 2 is 1.29 bits per heavy atom. The van der Waals surface area contributed by atoms with E-state index >= 15 is 0 Å². The van der Waals surface area contributed by atoms with Crippen molar-refractivity contribution in [3.63, 3.8) is 0 Å². The van der Waals surface area contributed by atoms with Gasteiger partial charge in [0.15, 0.2) is 0 Å². The van der Waals surface area contributed by atoms with Crippen LogP contribution in [0.2, 0.25) is 0 Å². The minimum atomic E-state index is -0.917. The first-order valence-electron chi connectivity index (χ1n) is 10.8. The number of carboxylic acid groups (broad SMARTS) is 1. The number of hydrogen-bond donors (Lipinski definition) is 1. The van der Waals surface area contributed by atoms with Crippen LogP contribution >= 0.6 is 0 Å². The van der Waals surface area contributed by atoms with Crippen LogP contribution in [0.1, 0.15) is 81.5 Å². The van der Waals surface area contributed by atoms with Crippen molar-refractivity contribution in [1.82, 2.24) is 0 Å². The van der Waals surface area contributed by atoms with Gasteiger partial charge >= 0.3 is 5.97 Å². The van der Waals surface area contributed by atoms with Gasteiger partial charge < -0.3 is 9.84 Å². The standard InChI is InChI=1S/C25H34O3/c1-2-3-4-5-6-7-8-9-10-15-20-28-24-19-14-13-17-22(24)21-16-11-12-18-23(21)25(26)27/h11-14,16-19H,2-10,15,20H2,1H3,(H,26,27). The maximum absolute atomic E-state index is 11.5. The van der Waals surface area contributed by atoms with Gasteiger partial charge in [-0.05, 0) is 24.1 Å². The molecule has 0 heterocycles. The van der Waals surface area contributed by atoms with Gasteiger partial charge in [-0.1, -0.05) is 101 Å². The van der Waals surface area contributed by atoms with Crippen LogP contribution in [-0.4, -0.2) is 17.7 Å². The Morgan fingerprint density at radius 1 is 0.750 bits per heavy atom. The van der Waals surface area contributed by atoms with Crippen molar-refractivity contribution in [3.05, 3.63) is 54.1 Å². The Hall–Kier alpha value is -2.29. The largest absolute Gasteiger partial charge is 0.493 e. The zero-order chi connectivity index (χ0) is 20.0. The number of unbranched alkanes of at least 4 members (excludes halogenated alkanes) is 9. The number of carboxylic acids is 1. The molecule has 152 valence electrons. The molecule has 0 atom stereocenters. The number of ether oxygens (including phenoxy) is 1. The van der Waals surface area contributed by atoms with Crippen LogP contribution in [0.25, 0.3) is 11.1 Å². The fraction of sp³-hybridized carbons (Fsp3) is 0.480. The first-order valence-corrected chi connectivity index (χ1v) is 10.8. The lowest BCUT2D eigenvalue weighted by Crippen LogP contribution is -2.02. The van der Waals surface area contributed by atoms with Crippen LogP contribution in [0.15, 0.2) is 48.5 Å². The van der Waals surface area contributed by atoms with E-state index in [1.807, 2.05) is 36.4 Å². The van der Waals surface area contributed by atoms with Crippen LogP contribution in [0.4, 0.5) is 0 Å². The second kappa shape index (κ2) is 13.0. The zero-order valence-corrected chi connectivity index (χ0v) is 17.2. The van der Waals surface area contributed by atoms with Gasteiger partial charge in [-0.15, -0.1) is 0 Å². The number of carbonyl (C=O) groups is 1. The molecule has 0 fully saturated rings. The molecule has 2 aromatic carbocycles. The SMILES string of the molecule is CCCCCCCCCCCCOc1ccccc1-c1ccccc1C(=O)O. The topological polar surface area (TPSA) is 46.5 Å². The Morgan fingerprint density at radius 3 is 1.93 bits per heavy atom. The van der Waals surface area contributed by atoms with Crippen LogP contribution in [0, 0.1) is 0 Å². The van der Waals surface area contributed by atoms with Gasteiger partial charge in [0, 0.05) is 5.56 Å². The number of para-hydroxylation sites is 1. The monoisotopic (exact) mass is 382 g/mol. The predicted octanol–water partition coefficient (Wildman–Crippen LogP) is 7.35. The lowest BCUT2D eigenvalue weighted by atomic mass is 9.99. The summed E-state index contributed by atoms with van der Waals surface area (Å²) in [5.41, 5.74) is 1.85. The highest BCUT2D eigenvalue weighted by molar-refractivity contribution is 5.96. The summed E-state index contributed by atoms with van der Waals surface area (Å²) in [5.74, 6) is -0.160. The molecular weight excluding hydrogens is 348 g/mol. The average Bonchev–Trinajstić information content (AvgIpc) is 2.72. The van der Waals surface area contributed by atoms with Crippen molar-refractivity contribution in [3.8, 4) is 16.9 Å². The Bertz CT molecular complexity index is 708. The molecule has 0 aliphatic rings. The lowest BCUT2D eigenvalue weighted by molar-refractivity contribution is 0.0697. The molecule has 2 aromatic rings. The van der Waals surface area contributed by atoms with Gasteiger partial charge in [-0.2, -0.15) is 0 Å². The van der Waals surface area contributed by atoms with E-state index in [-0.39, 0.29) is 0 Å². The highest BCUT2D eigenvalue weighted by atomic mass is 16.5. The second-order valence-corrected chi connectivity index (χ2v) is 7.38. The first kappa shape index (κ1) is 22.0. The Labute approximate surface area is 169 Å². The van der Waals surface area contributed by atoms with Crippen LogP contribution in [0.3, 0.4) is 0 Å². The van der Waals surface area contributed by atoms with Gasteiger partial charge in [-0.25, -0.2) is 4.79 Å². The molecule has 2 rings (SSSR count). The normalized spacial score (nSPS) is 10.8. The van der Waals surface area contributed by atoms with E-state index in [4.69, 9.17) is 4.74 Å². The minimum Gasteiger partial charge on any atom is -0.493 e. The van der Waals surface area contributed by atoms with E-state index in [9.17, 15) is 9.90 Å². The summed E-state index contributed by atoms with van der Waals surface area (Å²) in [5, 5.41) is 9.45. The molecule has 0 unspecified atom stereocenters. The number of aromatic carboxylic acids is 1. The first-order chi connectivity index (χ1) is 13.7. The molecule has 1 N–H and O–H groups in total. The summed E-state index contributed by atoms with van der Waals surface area (Å²) in [6.45, 7) is 2.92. The third-order valence-corrected chi connectivity index (χ3v) is 5.09. The van der Waals surface area contributed by atoms with E-state index < -0.39 is 5.97 Å². The van der Waals surface area contributed by atoms with Crippen LogP contribution in [0.5, 0.6) is 5.75 Å². The summed E-state index contributed by atoms with van der Waals surface area (Å²) in [7, 11) is 0. The molecule has 0 spiro atoms. The van der Waals surface area contributed by atoms with Gasteiger partial charge in [0.1, 0.15) is 5.75 Å². The smallest absolute Gasteiger partial charge is 0.336 e. The maximum Gasteiger partial charge on any atom is 0.336 e. The molecule has 0 radical (unpaired) electrons. The van der Waals surface area contributed by atoms with E-state index in [2.05, 4.69) is 6.92 Å². The van der Waals surface area contributed by atoms with Gasteiger partial charge in [0.05, 0.1) is 12.2 Å². The summed E-state index contributed by atoms with van der Waals surface area (Å²) < 4.78 is 6.01. The van der Waals surface area contributed by atoms with Crippen molar-refractivity contribution in [1.29, 1.82) is 0 Å². The number of benzene rings is 2. The molecule has 0 aromatic heterocycles. The van der Waals surface area contributed by atoms with Gasteiger partial charge in [-0.3, -0.25) is 0 Å². The van der Waals surface area contributed by atoms with E-state index in [1.165, 1.54) is 57.8 Å². The molecule has 0 saturated carbocycles. The van der Waals surface area contributed by atoms with Crippen LogP contribution in [-0.2, 0) is 0 Å². The summed E-state index contributed by atoms with van der Waals surface area (Å²) in [6, 6.07) is 14.8. The van der Waals surface area contributed by atoms with Gasteiger partial charge in [0.25, 0.3) is 0 Å². The Balaban J connectivity index is 1.75. The molecule has 0 aliphatic carbocycles. The molecular formula is C25H34O3. The number of rotatable bonds is 14. The van der Waals surface area contributed by atoms with Crippen molar-refractivity contribution in [2.24, 2.45) is 0 Å². The lowest BCUT2D eigenvalue weighted by Gasteiger charge is -2.13. The fourth-order valence-electron chi connectivity index (χ4n) is 3.49. The van der Waals surface area contributed by atoms with E-state index in [1.54, 1.807) is 12.1 Å². The summed E-state index contributed by atoms with van der Waals surface area (Å²) in [4.78, 5) is 11.5. The zero-order valence-electron chi connectivity index (χ0n) is 17.2. The summed E-state index contributed by atoms with van der Waals surface area (Å²) >= 11 is 0. The van der Waals surface area contributed by atoms with E-state index in [0.717, 1.165) is 17.7 Å². The molecule has 28 heavy (non-hydrogen) atoms. The molecule has 3 nitrogen and oxygen atoms in total. The van der Waals surface area contributed by atoms with Crippen molar-refractivity contribution < 1.29 is 14.6 Å². The highest BCUT2D eigenvalue weighted by Crippen LogP contribution is 2.32. The molecule has 0 saturated heterocycles. The predicted molar refractivity (Wildman–Crippen MR) is 116 cm³/mol. The quantitative estimate of drug-likeness (QED) is 0.347. The second-order valence-electron chi connectivity index (χ2n) is 7.38. The summed E-state index contributed by atoms with van der Waals surface area (Å²) in [6.07, 6.45) is 13.0. The van der Waals surface area contributed by atoms with Crippen LogP contribution < -0.4 is 4.74 Å². The minimum absolute atomic E-state index is 0.303. The molecule has 0 amide bonds. The molecule has 0 bridgehead atoms.